The summed E-state index contributed by atoms with van der Waals surface area (Å²) < 4.78 is 0. The number of amides is 1. The van der Waals surface area contributed by atoms with Gasteiger partial charge in [0, 0.05) is 19.4 Å². The molecule has 4 heterocycles. The van der Waals surface area contributed by atoms with Crippen LogP contribution in [0.15, 0.2) is 78.9 Å². The number of benzene rings is 2. The van der Waals surface area contributed by atoms with Gasteiger partial charge in [0.05, 0.1) is 23.4 Å². The molecule has 4 aliphatic rings. The number of anilines is 1. The number of Topliss-reactive ketones (excluding diaryl/α,β-unsaturated/α-hetero) is 1. The largest absolute Gasteiger partial charge is 0.358 e. The second-order valence-electron chi connectivity index (χ2n) is 7.55. The molecule has 1 spiro atoms. The summed E-state index contributed by atoms with van der Waals surface area (Å²) in [5.41, 5.74) is 3.02. The lowest BCUT2D eigenvalue weighted by molar-refractivity contribution is -0.117. The van der Waals surface area contributed by atoms with Crippen LogP contribution in [0.4, 0.5) is 5.69 Å². The van der Waals surface area contributed by atoms with Crippen molar-refractivity contribution in [2.24, 2.45) is 0 Å². The molecule has 0 unspecified atom stereocenters. The van der Waals surface area contributed by atoms with Gasteiger partial charge in [-0.3, -0.25) is 14.5 Å². The summed E-state index contributed by atoms with van der Waals surface area (Å²) in [5.74, 6) is 0.510. The summed E-state index contributed by atoms with van der Waals surface area (Å²) in [6.07, 6.45) is 7.36. The molecule has 0 saturated heterocycles. The van der Waals surface area contributed by atoms with E-state index in [1.165, 1.54) is 0 Å². The Kier molecular flexibility index (Phi) is 2.77. The van der Waals surface area contributed by atoms with E-state index in [9.17, 15) is 9.59 Å². The fourth-order valence-electron chi connectivity index (χ4n) is 4.68. The molecule has 6 rings (SSSR count). The molecule has 0 aromatic heterocycles. The summed E-state index contributed by atoms with van der Waals surface area (Å²) in [4.78, 5) is 33.1. The predicted octanol–water partition coefficient (Wildman–Crippen LogP) is 3.13. The zero-order valence-corrected chi connectivity index (χ0v) is 15.3. The molecule has 0 fully saturated rings. The first-order valence-corrected chi connectivity index (χ1v) is 9.31. The second kappa shape index (κ2) is 5.01. The number of ketones is 1. The number of carbonyl (C=O) groups is 2. The molecule has 2 aromatic carbocycles. The maximum absolute atomic E-state index is 13.8. The van der Waals surface area contributed by atoms with E-state index in [2.05, 4.69) is 11.0 Å². The van der Waals surface area contributed by atoms with Crippen LogP contribution in [0, 0.1) is 0 Å². The van der Waals surface area contributed by atoms with Gasteiger partial charge in [0.15, 0.2) is 5.54 Å². The van der Waals surface area contributed by atoms with Gasteiger partial charge in [-0.25, -0.2) is 0 Å². The topological polar surface area (TPSA) is 43.9 Å². The van der Waals surface area contributed by atoms with Gasteiger partial charge in [0.2, 0.25) is 5.78 Å². The third kappa shape index (κ3) is 1.67. The first-order chi connectivity index (χ1) is 13.6. The third-order valence-electron chi connectivity index (χ3n) is 6.02. The molecule has 4 aliphatic heterocycles. The molecular weight excluding hydrogens is 350 g/mol. The van der Waals surface area contributed by atoms with E-state index in [-0.39, 0.29) is 11.7 Å². The maximum Gasteiger partial charge on any atom is 0.262 e. The van der Waals surface area contributed by atoms with Crippen LogP contribution in [-0.4, -0.2) is 34.1 Å². The molecule has 28 heavy (non-hydrogen) atoms. The molecule has 0 N–H and O–H groups in total. The van der Waals surface area contributed by atoms with E-state index in [1.54, 1.807) is 4.90 Å². The molecule has 0 bridgehead atoms. The van der Waals surface area contributed by atoms with Gasteiger partial charge in [-0.15, -0.1) is 0 Å². The molecule has 0 radical (unpaired) electrons. The van der Waals surface area contributed by atoms with Crippen LogP contribution < -0.4 is 4.90 Å². The van der Waals surface area contributed by atoms with Crippen molar-refractivity contribution in [2.75, 3.05) is 11.9 Å². The normalized spacial score (nSPS) is 20.7. The molecule has 1 amide bonds. The fourth-order valence-corrected chi connectivity index (χ4v) is 4.68. The summed E-state index contributed by atoms with van der Waals surface area (Å²) >= 11 is 0. The summed E-state index contributed by atoms with van der Waals surface area (Å²) in [5, 5.41) is 0. The standard InChI is InChI=1S/C23H17N3O2/c1-24-12-10-23(11-13-24)20(27)19-16-7-3-2-6-15(16)14-25-18-9-5-4-8-17(18)22(28)26(23)21(19)25/h2-13H,14H2,1H3. The van der Waals surface area contributed by atoms with Gasteiger partial charge in [-0.2, -0.15) is 0 Å². The first-order valence-electron chi connectivity index (χ1n) is 9.31. The van der Waals surface area contributed by atoms with Gasteiger partial charge in [0.25, 0.3) is 5.91 Å². The van der Waals surface area contributed by atoms with Crippen LogP contribution in [0.1, 0.15) is 21.5 Å². The predicted molar refractivity (Wildman–Crippen MR) is 106 cm³/mol. The van der Waals surface area contributed by atoms with Gasteiger partial charge < -0.3 is 9.80 Å². The lowest BCUT2D eigenvalue weighted by atomic mass is 9.86. The van der Waals surface area contributed by atoms with Gasteiger partial charge in [0.1, 0.15) is 5.82 Å². The Hall–Kier alpha value is -3.60. The van der Waals surface area contributed by atoms with Crippen molar-refractivity contribution in [2.45, 2.75) is 12.1 Å². The molecular formula is C23H17N3O2. The minimum absolute atomic E-state index is 0.0543. The van der Waals surface area contributed by atoms with Crippen molar-refractivity contribution >= 4 is 23.0 Å². The molecule has 0 aliphatic carbocycles. The van der Waals surface area contributed by atoms with Crippen LogP contribution in [0.25, 0.3) is 5.57 Å². The number of para-hydroxylation sites is 1. The van der Waals surface area contributed by atoms with Crippen molar-refractivity contribution < 1.29 is 9.59 Å². The van der Waals surface area contributed by atoms with Gasteiger partial charge in [-0.05, 0) is 35.4 Å². The highest BCUT2D eigenvalue weighted by molar-refractivity contribution is 6.33. The van der Waals surface area contributed by atoms with E-state index in [4.69, 9.17) is 0 Å². The number of fused-ring (bicyclic) bond motifs is 5. The second-order valence-corrected chi connectivity index (χ2v) is 7.55. The van der Waals surface area contributed by atoms with E-state index >= 15 is 0 Å². The average molecular weight is 367 g/mol. The van der Waals surface area contributed by atoms with Crippen molar-refractivity contribution in [3.63, 3.8) is 0 Å². The zero-order chi connectivity index (χ0) is 19.0. The number of nitrogens with zero attached hydrogens (tertiary/aromatic N) is 3. The average Bonchev–Trinajstić information content (AvgIpc) is 2.98. The van der Waals surface area contributed by atoms with Crippen molar-refractivity contribution in [1.82, 2.24) is 9.80 Å². The lowest BCUT2D eigenvalue weighted by Crippen LogP contribution is -2.54. The highest BCUT2D eigenvalue weighted by atomic mass is 16.2. The van der Waals surface area contributed by atoms with Crippen molar-refractivity contribution in [3.05, 3.63) is 95.6 Å². The van der Waals surface area contributed by atoms with Crippen molar-refractivity contribution in [1.29, 1.82) is 0 Å². The number of hydrogen-bond donors (Lipinski definition) is 0. The Balaban J connectivity index is 1.70. The SMILES string of the molecule is CN1C=CC2(C=C1)C(=O)C1=C3N(Cc4ccccc41)c1ccccc1C(=O)N32. The summed E-state index contributed by atoms with van der Waals surface area (Å²) in [6.45, 7) is 0.631. The smallest absolute Gasteiger partial charge is 0.262 e. The Morgan fingerprint density at radius 3 is 2.36 bits per heavy atom. The highest BCUT2D eigenvalue weighted by Gasteiger charge is 2.58. The van der Waals surface area contributed by atoms with E-state index in [0.29, 0.717) is 23.5 Å². The molecule has 5 nitrogen and oxygen atoms in total. The zero-order valence-electron chi connectivity index (χ0n) is 15.3. The van der Waals surface area contributed by atoms with E-state index in [0.717, 1.165) is 16.8 Å². The molecule has 136 valence electrons. The van der Waals surface area contributed by atoms with Crippen LogP contribution in [0.5, 0.6) is 0 Å². The van der Waals surface area contributed by atoms with Gasteiger partial charge >= 0.3 is 0 Å². The fraction of sp³-hybridized carbons (Fsp3) is 0.130. The van der Waals surface area contributed by atoms with Gasteiger partial charge in [-0.1, -0.05) is 36.4 Å². The Bertz CT molecular complexity index is 1160. The molecule has 5 heteroatoms. The van der Waals surface area contributed by atoms with Crippen LogP contribution in [0.3, 0.4) is 0 Å². The van der Waals surface area contributed by atoms with E-state index in [1.807, 2.05) is 79.0 Å². The molecule has 0 saturated carbocycles. The summed E-state index contributed by atoms with van der Waals surface area (Å²) in [6, 6.07) is 15.6. The van der Waals surface area contributed by atoms with Crippen LogP contribution in [0.2, 0.25) is 0 Å². The minimum Gasteiger partial charge on any atom is -0.358 e. The molecule has 0 atom stereocenters. The number of rotatable bonds is 0. The number of hydrogen-bond acceptors (Lipinski definition) is 4. The van der Waals surface area contributed by atoms with Crippen LogP contribution >= 0.6 is 0 Å². The third-order valence-corrected chi connectivity index (χ3v) is 6.02. The Labute approximate surface area is 162 Å². The first kappa shape index (κ1) is 15.5. The monoisotopic (exact) mass is 367 g/mol. The quantitative estimate of drug-likeness (QED) is 0.718. The van der Waals surface area contributed by atoms with Crippen LogP contribution in [-0.2, 0) is 11.3 Å². The Morgan fingerprint density at radius 1 is 0.893 bits per heavy atom. The lowest BCUT2D eigenvalue weighted by Gasteiger charge is -2.44. The summed E-state index contributed by atoms with van der Waals surface area (Å²) in [7, 11) is 1.90. The van der Waals surface area contributed by atoms with Crippen molar-refractivity contribution in [3.8, 4) is 0 Å². The van der Waals surface area contributed by atoms with E-state index < -0.39 is 5.54 Å². The Morgan fingerprint density at radius 2 is 1.57 bits per heavy atom. The number of carbonyl (C=O) groups excluding carboxylic acids is 2. The highest BCUT2D eigenvalue weighted by Crippen LogP contribution is 2.51. The maximum atomic E-state index is 13.8. The minimum atomic E-state index is -1.11. The molecule has 2 aromatic rings.